The Labute approximate surface area is 153 Å². The van der Waals surface area contributed by atoms with E-state index >= 15 is 0 Å². The molecule has 2 heterocycles. The summed E-state index contributed by atoms with van der Waals surface area (Å²) in [6.07, 6.45) is 2.88. The number of aromatic nitrogens is 1. The van der Waals surface area contributed by atoms with Gasteiger partial charge in [0.1, 0.15) is 10.8 Å². The van der Waals surface area contributed by atoms with Crippen LogP contribution in [0.4, 0.5) is 0 Å². The topological polar surface area (TPSA) is 93.6 Å². The molecule has 0 unspecified atom stereocenters. The van der Waals surface area contributed by atoms with Gasteiger partial charge in [0, 0.05) is 44.1 Å². The van der Waals surface area contributed by atoms with Gasteiger partial charge in [-0.1, -0.05) is 16.9 Å². The highest BCUT2D eigenvalue weighted by molar-refractivity contribution is 8.76. The highest BCUT2D eigenvalue weighted by Gasteiger charge is 2.32. The summed E-state index contributed by atoms with van der Waals surface area (Å²) in [5.41, 5.74) is 0. The molecule has 1 fully saturated rings. The molecule has 0 saturated carbocycles. The van der Waals surface area contributed by atoms with Crippen LogP contribution < -0.4 is 0 Å². The Balaban J connectivity index is 1.53. The number of pyridine rings is 1. The molecule has 1 aromatic heterocycles. The van der Waals surface area contributed by atoms with Crippen molar-refractivity contribution in [1.82, 2.24) is 10.0 Å². The number of imide groups is 1. The highest BCUT2D eigenvalue weighted by Crippen LogP contribution is 2.29. The van der Waals surface area contributed by atoms with E-state index in [9.17, 15) is 19.2 Å². The van der Waals surface area contributed by atoms with Gasteiger partial charge in [-0.3, -0.25) is 14.4 Å². The van der Waals surface area contributed by atoms with Gasteiger partial charge in [-0.05, 0) is 29.3 Å². The van der Waals surface area contributed by atoms with Gasteiger partial charge in [0.2, 0.25) is 0 Å². The Bertz CT molecular complexity index is 623. The summed E-state index contributed by atoms with van der Waals surface area (Å²) in [5, 5.41) is 1.42. The number of hydrogen-bond donors (Lipinski definition) is 0. The standard InChI is InChI=1S/C16H18N2O5S2/c19-12(9-11-24-25-13-5-1-2-10-17-13)4-3-6-16(22)23-18-14(20)7-8-15(18)21/h1-2,5,10H,3-4,6-9,11H2. The number of carbonyl (C=O) groups excluding carboxylic acids is 4. The monoisotopic (exact) mass is 382 g/mol. The quantitative estimate of drug-likeness (QED) is 0.346. The minimum absolute atomic E-state index is 0.00136. The zero-order valence-electron chi connectivity index (χ0n) is 13.5. The summed E-state index contributed by atoms with van der Waals surface area (Å²) in [6, 6.07) is 5.66. The molecule has 0 bridgehead atoms. The largest absolute Gasteiger partial charge is 0.333 e. The van der Waals surface area contributed by atoms with Crippen molar-refractivity contribution >= 4 is 45.2 Å². The van der Waals surface area contributed by atoms with Crippen molar-refractivity contribution in [1.29, 1.82) is 0 Å². The third kappa shape index (κ3) is 6.87. The molecule has 0 radical (unpaired) electrons. The highest BCUT2D eigenvalue weighted by atomic mass is 33.1. The minimum Gasteiger partial charge on any atom is -0.330 e. The van der Waals surface area contributed by atoms with Crippen LogP contribution in [0.1, 0.15) is 38.5 Å². The fraction of sp³-hybridized carbons (Fsp3) is 0.438. The summed E-state index contributed by atoms with van der Waals surface area (Å²) in [5.74, 6) is -0.943. The van der Waals surface area contributed by atoms with Crippen molar-refractivity contribution in [2.45, 2.75) is 43.6 Å². The van der Waals surface area contributed by atoms with E-state index in [2.05, 4.69) is 4.98 Å². The lowest BCUT2D eigenvalue weighted by atomic mass is 10.1. The van der Waals surface area contributed by atoms with Gasteiger partial charge in [-0.25, -0.2) is 9.78 Å². The molecule has 134 valence electrons. The Hall–Kier alpha value is -1.87. The maximum atomic E-state index is 11.8. The van der Waals surface area contributed by atoms with Gasteiger partial charge >= 0.3 is 5.97 Å². The molecule has 25 heavy (non-hydrogen) atoms. The van der Waals surface area contributed by atoms with E-state index in [0.29, 0.717) is 23.7 Å². The number of nitrogens with zero attached hydrogens (tertiary/aromatic N) is 2. The van der Waals surface area contributed by atoms with Crippen LogP contribution in [-0.2, 0) is 24.0 Å². The molecular weight excluding hydrogens is 364 g/mol. The SMILES string of the molecule is O=C(CCCC(=O)ON1C(=O)CCC1=O)CCSSc1ccccn1. The van der Waals surface area contributed by atoms with E-state index in [1.165, 1.54) is 10.8 Å². The van der Waals surface area contributed by atoms with Crippen LogP contribution in [0.25, 0.3) is 0 Å². The second-order valence-corrected chi connectivity index (χ2v) is 7.70. The lowest BCUT2D eigenvalue weighted by Crippen LogP contribution is -2.32. The summed E-state index contributed by atoms with van der Waals surface area (Å²) in [7, 11) is 3.08. The molecule has 1 aliphatic rings. The Morgan fingerprint density at radius 2 is 1.88 bits per heavy atom. The zero-order chi connectivity index (χ0) is 18.1. The number of carbonyl (C=O) groups is 4. The number of hydrogen-bond acceptors (Lipinski definition) is 8. The van der Waals surface area contributed by atoms with Gasteiger partial charge in [0.05, 0.1) is 0 Å². The lowest BCUT2D eigenvalue weighted by molar-refractivity contribution is -0.197. The first-order chi connectivity index (χ1) is 12.1. The van der Waals surface area contributed by atoms with Gasteiger partial charge in [0.15, 0.2) is 0 Å². The molecule has 9 heteroatoms. The molecule has 2 rings (SSSR count). The van der Waals surface area contributed by atoms with Crippen molar-refractivity contribution in [3.05, 3.63) is 24.4 Å². The van der Waals surface area contributed by atoms with Crippen molar-refractivity contribution < 1.29 is 24.0 Å². The molecule has 0 atom stereocenters. The molecule has 0 aromatic carbocycles. The molecular formula is C16H18N2O5S2. The van der Waals surface area contributed by atoms with Crippen LogP contribution in [0, 0.1) is 0 Å². The molecule has 1 saturated heterocycles. The van der Waals surface area contributed by atoms with E-state index in [1.807, 2.05) is 18.2 Å². The van der Waals surface area contributed by atoms with Crippen LogP contribution in [0.2, 0.25) is 0 Å². The van der Waals surface area contributed by atoms with Crippen molar-refractivity contribution in [3.8, 4) is 0 Å². The normalized spacial score (nSPS) is 14.0. The smallest absolute Gasteiger partial charge is 0.330 e. The average molecular weight is 382 g/mol. The molecule has 0 spiro atoms. The van der Waals surface area contributed by atoms with E-state index in [1.54, 1.807) is 17.0 Å². The summed E-state index contributed by atoms with van der Waals surface area (Å²) in [4.78, 5) is 54.9. The fourth-order valence-corrected chi connectivity index (χ4v) is 3.93. The Morgan fingerprint density at radius 3 is 2.56 bits per heavy atom. The molecule has 7 nitrogen and oxygen atoms in total. The first-order valence-corrected chi connectivity index (χ1v) is 10.2. The number of Topliss-reactive ketones (excluding diaryl/α,β-unsaturated/α-hetero) is 1. The number of rotatable bonds is 10. The predicted octanol–water partition coefficient (Wildman–Crippen LogP) is 2.56. The number of hydroxylamine groups is 2. The lowest BCUT2D eigenvalue weighted by Gasteiger charge is -2.12. The minimum atomic E-state index is -0.670. The summed E-state index contributed by atoms with van der Waals surface area (Å²) < 4.78 is 0. The number of amides is 2. The molecule has 0 aliphatic carbocycles. The van der Waals surface area contributed by atoms with Gasteiger partial charge in [-0.2, -0.15) is 0 Å². The van der Waals surface area contributed by atoms with E-state index in [0.717, 1.165) is 5.03 Å². The third-order valence-corrected chi connectivity index (χ3v) is 5.55. The van der Waals surface area contributed by atoms with Gasteiger partial charge in [-0.15, -0.1) is 5.06 Å². The summed E-state index contributed by atoms with van der Waals surface area (Å²) >= 11 is 0. The zero-order valence-corrected chi connectivity index (χ0v) is 15.1. The summed E-state index contributed by atoms with van der Waals surface area (Å²) in [6.45, 7) is 0. The van der Waals surface area contributed by atoms with Gasteiger partial charge < -0.3 is 4.84 Å². The second-order valence-electron chi connectivity index (χ2n) is 5.26. The Morgan fingerprint density at radius 1 is 1.12 bits per heavy atom. The maximum absolute atomic E-state index is 11.8. The van der Waals surface area contributed by atoms with Crippen LogP contribution in [0.3, 0.4) is 0 Å². The predicted molar refractivity (Wildman–Crippen MR) is 93.2 cm³/mol. The Kier molecular flexibility index (Phi) is 7.93. The first kappa shape index (κ1) is 19.5. The van der Waals surface area contributed by atoms with Crippen LogP contribution in [-0.4, -0.2) is 39.4 Å². The van der Waals surface area contributed by atoms with E-state index < -0.39 is 17.8 Å². The fourth-order valence-electron chi connectivity index (χ4n) is 2.01. The second kappa shape index (κ2) is 10.2. The molecule has 0 N–H and O–H groups in total. The molecule has 1 aromatic rings. The van der Waals surface area contributed by atoms with Crippen molar-refractivity contribution in [2.75, 3.05) is 5.75 Å². The molecule has 2 amide bonds. The van der Waals surface area contributed by atoms with Gasteiger partial charge in [0.25, 0.3) is 11.8 Å². The maximum Gasteiger partial charge on any atom is 0.333 e. The average Bonchev–Trinajstić information content (AvgIpc) is 2.91. The number of ketones is 1. The van der Waals surface area contributed by atoms with Crippen molar-refractivity contribution in [2.24, 2.45) is 0 Å². The van der Waals surface area contributed by atoms with Crippen LogP contribution in [0.15, 0.2) is 29.4 Å². The third-order valence-electron chi connectivity index (χ3n) is 3.28. The van der Waals surface area contributed by atoms with E-state index in [4.69, 9.17) is 4.84 Å². The first-order valence-electron chi connectivity index (χ1n) is 7.85. The van der Waals surface area contributed by atoms with Crippen LogP contribution >= 0.6 is 21.6 Å². The van der Waals surface area contributed by atoms with E-state index in [-0.39, 0.29) is 31.5 Å². The van der Waals surface area contributed by atoms with Crippen LogP contribution in [0.5, 0.6) is 0 Å². The van der Waals surface area contributed by atoms with Crippen molar-refractivity contribution in [3.63, 3.8) is 0 Å². The molecule has 1 aliphatic heterocycles.